The Hall–Kier alpha value is -4.39. The SMILES string of the molecule is COc1cc(C2/C(=C(\O)c3nc4c(C)cccn4c3C)C(=O)C(=O)N2c2nnc(SCc3ccc(Cl)cc3)s2)ccc1O. The first-order valence-corrected chi connectivity index (χ1v) is 15.2. The number of carbonyl (C=O) groups is 2. The summed E-state index contributed by atoms with van der Waals surface area (Å²) in [5.74, 6) is -1.57. The summed E-state index contributed by atoms with van der Waals surface area (Å²) in [5.41, 5.74) is 3.56. The Labute approximate surface area is 259 Å². The zero-order valence-corrected chi connectivity index (χ0v) is 25.5. The molecule has 1 saturated heterocycles. The summed E-state index contributed by atoms with van der Waals surface area (Å²) in [6.07, 6.45) is 1.81. The third kappa shape index (κ3) is 5.11. The fourth-order valence-corrected chi connectivity index (χ4v) is 6.92. The highest BCUT2D eigenvalue weighted by atomic mass is 35.5. The largest absolute Gasteiger partial charge is 0.505 e. The number of aliphatic hydroxyl groups excluding tert-OH is 1. The number of amides is 1. The monoisotopic (exact) mass is 633 g/mol. The van der Waals surface area contributed by atoms with Crippen molar-refractivity contribution in [3.63, 3.8) is 0 Å². The summed E-state index contributed by atoms with van der Waals surface area (Å²) >= 11 is 8.57. The van der Waals surface area contributed by atoms with Crippen molar-refractivity contribution in [2.24, 2.45) is 0 Å². The Kier molecular flexibility index (Phi) is 7.59. The first-order chi connectivity index (χ1) is 20.7. The highest BCUT2D eigenvalue weighted by molar-refractivity contribution is 8.00. The number of imidazole rings is 1. The van der Waals surface area contributed by atoms with E-state index >= 15 is 0 Å². The Morgan fingerprint density at radius 3 is 2.60 bits per heavy atom. The Balaban J connectivity index is 1.46. The maximum absolute atomic E-state index is 13.7. The number of benzene rings is 2. The maximum atomic E-state index is 13.7. The van der Waals surface area contributed by atoms with Gasteiger partial charge in [-0.3, -0.25) is 14.5 Å². The normalized spacial score (nSPS) is 16.4. The average Bonchev–Trinajstić information content (AvgIpc) is 3.68. The molecule has 1 aliphatic heterocycles. The summed E-state index contributed by atoms with van der Waals surface area (Å²) in [5, 5.41) is 31.2. The topological polar surface area (TPSA) is 130 Å². The Morgan fingerprint density at radius 1 is 1.12 bits per heavy atom. The van der Waals surface area contributed by atoms with Gasteiger partial charge in [-0.05, 0) is 60.9 Å². The minimum absolute atomic E-state index is 0.119. The van der Waals surface area contributed by atoms with Gasteiger partial charge >= 0.3 is 5.91 Å². The smallest absolute Gasteiger partial charge is 0.301 e. The number of halogens is 1. The summed E-state index contributed by atoms with van der Waals surface area (Å²) in [7, 11) is 1.40. The van der Waals surface area contributed by atoms with Crippen LogP contribution < -0.4 is 9.64 Å². The molecule has 3 aromatic heterocycles. The zero-order chi connectivity index (χ0) is 30.4. The molecule has 0 spiro atoms. The number of aliphatic hydroxyl groups is 1. The van der Waals surface area contributed by atoms with Crippen LogP contribution >= 0.6 is 34.7 Å². The number of ketones is 1. The molecule has 218 valence electrons. The molecule has 5 aromatic rings. The number of ether oxygens (including phenoxy) is 1. The predicted molar refractivity (Wildman–Crippen MR) is 165 cm³/mol. The van der Waals surface area contributed by atoms with Crippen molar-refractivity contribution in [3.8, 4) is 11.5 Å². The predicted octanol–water partition coefficient (Wildman–Crippen LogP) is 6.09. The van der Waals surface area contributed by atoms with Crippen molar-refractivity contribution >= 4 is 62.9 Å². The van der Waals surface area contributed by atoms with Gasteiger partial charge in [0.05, 0.1) is 24.4 Å². The van der Waals surface area contributed by atoms with Crippen LogP contribution in [0, 0.1) is 13.8 Å². The number of fused-ring (bicyclic) bond motifs is 1. The number of phenols is 1. The summed E-state index contributed by atoms with van der Waals surface area (Å²) in [4.78, 5) is 33.1. The number of nitrogens with zero attached hydrogens (tertiary/aromatic N) is 5. The van der Waals surface area contributed by atoms with E-state index in [1.165, 1.54) is 35.9 Å². The van der Waals surface area contributed by atoms with E-state index in [0.717, 1.165) is 22.5 Å². The van der Waals surface area contributed by atoms with Gasteiger partial charge < -0.3 is 19.4 Å². The second-order valence-electron chi connectivity index (χ2n) is 9.80. The second-order valence-corrected chi connectivity index (χ2v) is 12.4. The number of thioether (sulfide) groups is 1. The van der Waals surface area contributed by atoms with Crippen molar-refractivity contribution in [3.05, 3.63) is 99.5 Å². The molecule has 1 unspecified atom stereocenters. The first-order valence-electron chi connectivity index (χ1n) is 13.0. The number of rotatable bonds is 7. The number of aryl methyl sites for hydroxylation is 2. The average molecular weight is 634 g/mol. The standard InChI is InChI=1S/C30H24ClN5O5S2/c1-15-5-4-12-35-16(2)23(32-27(15)35)25(38)22-24(18-8-11-20(37)21(13-18)41-3)36(28(40)26(22)39)29-33-34-30(43-29)42-14-17-6-9-19(31)10-7-17/h4-13,24,37-38H,14H2,1-3H3/b25-22+. The van der Waals surface area contributed by atoms with Gasteiger partial charge in [0.2, 0.25) is 5.13 Å². The van der Waals surface area contributed by atoms with Crippen molar-refractivity contribution in [2.75, 3.05) is 12.0 Å². The minimum atomic E-state index is -1.10. The van der Waals surface area contributed by atoms with Crippen LogP contribution in [0.1, 0.15) is 34.1 Å². The molecule has 0 bridgehead atoms. The number of pyridine rings is 1. The van der Waals surface area contributed by atoms with Gasteiger partial charge in [-0.15, -0.1) is 10.2 Å². The molecule has 2 aromatic carbocycles. The lowest BCUT2D eigenvalue weighted by molar-refractivity contribution is -0.132. The summed E-state index contributed by atoms with van der Waals surface area (Å²) in [6, 6.07) is 14.6. The fraction of sp³-hybridized carbons (Fsp3) is 0.167. The van der Waals surface area contributed by atoms with Crippen LogP contribution in [0.4, 0.5) is 5.13 Å². The summed E-state index contributed by atoms with van der Waals surface area (Å²) in [6.45, 7) is 3.67. The number of carbonyl (C=O) groups excluding carboxylic acids is 2. The van der Waals surface area contributed by atoms with Gasteiger partial charge in [0.15, 0.2) is 21.6 Å². The highest BCUT2D eigenvalue weighted by Gasteiger charge is 2.49. The lowest BCUT2D eigenvalue weighted by Crippen LogP contribution is -2.29. The molecule has 4 heterocycles. The van der Waals surface area contributed by atoms with Crippen LogP contribution in [0.2, 0.25) is 5.02 Å². The van der Waals surface area contributed by atoms with E-state index in [0.29, 0.717) is 32.0 Å². The van der Waals surface area contributed by atoms with E-state index in [1.807, 2.05) is 41.8 Å². The molecule has 10 nitrogen and oxygen atoms in total. The van der Waals surface area contributed by atoms with Gasteiger partial charge in [-0.2, -0.15) is 0 Å². The van der Waals surface area contributed by atoms with E-state index in [9.17, 15) is 19.8 Å². The molecule has 13 heteroatoms. The Morgan fingerprint density at radius 2 is 1.88 bits per heavy atom. The molecule has 1 amide bonds. The van der Waals surface area contributed by atoms with Crippen molar-refractivity contribution < 1.29 is 24.5 Å². The molecule has 6 rings (SSSR count). The molecule has 0 saturated carbocycles. The molecule has 1 atom stereocenters. The van der Waals surface area contributed by atoms with Gasteiger partial charge in [-0.25, -0.2) is 4.98 Å². The summed E-state index contributed by atoms with van der Waals surface area (Å²) < 4.78 is 7.71. The molecule has 0 aliphatic carbocycles. The molecule has 0 radical (unpaired) electrons. The molecule has 1 aliphatic rings. The van der Waals surface area contributed by atoms with Crippen LogP contribution in [0.15, 0.2) is 70.7 Å². The van der Waals surface area contributed by atoms with Gasteiger partial charge in [-0.1, -0.05) is 59.0 Å². The highest BCUT2D eigenvalue weighted by Crippen LogP contribution is 2.45. The van der Waals surface area contributed by atoms with Crippen LogP contribution in [-0.2, 0) is 15.3 Å². The third-order valence-corrected chi connectivity index (χ3v) is 9.53. The van der Waals surface area contributed by atoms with Gasteiger partial charge in [0.25, 0.3) is 5.78 Å². The minimum Gasteiger partial charge on any atom is -0.505 e. The quantitative estimate of drug-likeness (QED) is 0.0719. The van der Waals surface area contributed by atoms with Gasteiger partial charge in [0, 0.05) is 17.0 Å². The first kappa shape index (κ1) is 28.7. The Bertz CT molecular complexity index is 1940. The number of phenolic OH excluding ortho intramolecular Hbond substituents is 1. The number of aromatic nitrogens is 4. The molecular weight excluding hydrogens is 610 g/mol. The van der Waals surface area contributed by atoms with Crippen molar-refractivity contribution in [1.29, 1.82) is 0 Å². The maximum Gasteiger partial charge on any atom is 0.301 e. The van der Waals surface area contributed by atoms with E-state index < -0.39 is 23.5 Å². The van der Waals surface area contributed by atoms with Crippen molar-refractivity contribution in [2.45, 2.75) is 30.0 Å². The van der Waals surface area contributed by atoms with Gasteiger partial charge in [0.1, 0.15) is 11.3 Å². The number of Topliss-reactive ketones (excluding diaryl/α,β-unsaturated/α-hetero) is 1. The number of aromatic hydroxyl groups is 1. The number of hydrogen-bond donors (Lipinski definition) is 2. The van der Waals surface area contributed by atoms with Crippen molar-refractivity contribution in [1.82, 2.24) is 19.6 Å². The molecular formula is C30H24ClN5O5S2. The fourth-order valence-electron chi connectivity index (χ4n) is 4.97. The third-order valence-electron chi connectivity index (χ3n) is 7.15. The second kappa shape index (κ2) is 11.4. The molecule has 1 fully saturated rings. The van der Waals surface area contributed by atoms with E-state index in [1.54, 1.807) is 25.1 Å². The van der Waals surface area contributed by atoms with E-state index in [-0.39, 0.29) is 27.9 Å². The lowest BCUT2D eigenvalue weighted by Gasteiger charge is -2.23. The van der Waals surface area contributed by atoms with E-state index in [4.69, 9.17) is 16.3 Å². The molecule has 43 heavy (non-hydrogen) atoms. The zero-order valence-electron chi connectivity index (χ0n) is 23.1. The van der Waals surface area contributed by atoms with Crippen LogP contribution in [-0.4, -0.2) is 48.6 Å². The van der Waals surface area contributed by atoms with Crippen LogP contribution in [0.25, 0.3) is 11.4 Å². The van der Waals surface area contributed by atoms with E-state index in [2.05, 4.69) is 15.2 Å². The number of hydrogen-bond acceptors (Lipinski definition) is 10. The lowest BCUT2D eigenvalue weighted by atomic mass is 9.96. The number of anilines is 1. The van der Waals surface area contributed by atoms with Crippen LogP contribution in [0.3, 0.4) is 0 Å². The number of methoxy groups -OCH3 is 1. The van der Waals surface area contributed by atoms with Crippen LogP contribution in [0.5, 0.6) is 11.5 Å². The molecule has 2 N–H and O–H groups in total.